The summed E-state index contributed by atoms with van der Waals surface area (Å²) in [5.41, 5.74) is 0. The SMILES string of the molecule is CCNC(=NCC(C)(C)SC)NCCCCCC(=O)OC. The Hall–Kier alpha value is -0.910. The van der Waals surface area contributed by atoms with E-state index >= 15 is 0 Å². The fraction of sp³-hybridized carbons (Fsp3) is 0.867. The zero-order valence-electron chi connectivity index (χ0n) is 14.1. The van der Waals surface area contributed by atoms with Crippen LogP contribution in [0.1, 0.15) is 46.5 Å². The zero-order chi connectivity index (χ0) is 16.1. The third kappa shape index (κ3) is 11.4. The molecule has 0 unspecified atom stereocenters. The molecule has 2 N–H and O–H groups in total. The van der Waals surface area contributed by atoms with Crippen LogP contribution in [-0.2, 0) is 9.53 Å². The number of carbonyl (C=O) groups excluding carboxylic acids is 1. The van der Waals surface area contributed by atoms with Crippen molar-refractivity contribution in [2.24, 2.45) is 4.99 Å². The number of nitrogens with one attached hydrogen (secondary N) is 2. The van der Waals surface area contributed by atoms with Crippen molar-refractivity contribution < 1.29 is 9.53 Å². The molecule has 0 rings (SSSR count). The molecule has 21 heavy (non-hydrogen) atoms. The number of thioether (sulfide) groups is 1. The lowest BCUT2D eigenvalue weighted by Gasteiger charge is -2.20. The molecule has 0 amide bonds. The summed E-state index contributed by atoms with van der Waals surface area (Å²) in [5, 5.41) is 6.59. The molecular weight excluding hydrogens is 286 g/mol. The summed E-state index contributed by atoms with van der Waals surface area (Å²) < 4.78 is 4.77. The Morgan fingerprint density at radius 3 is 2.52 bits per heavy atom. The first-order valence-corrected chi connectivity index (χ1v) is 8.81. The molecule has 0 atom stereocenters. The molecule has 5 nitrogen and oxygen atoms in total. The average Bonchev–Trinajstić information content (AvgIpc) is 2.47. The number of rotatable bonds is 10. The second-order valence-corrected chi connectivity index (χ2v) is 6.99. The summed E-state index contributed by atoms with van der Waals surface area (Å²) in [4.78, 5) is 15.6. The number of aliphatic imine (C=N–C) groups is 1. The Morgan fingerprint density at radius 2 is 1.95 bits per heavy atom. The fourth-order valence-corrected chi connectivity index (χ4v) is 1.75. The number of methoxy groups -OCH3 is 1. The standard InChI is InChI=1S/C15H31N3O2S/c1-6-16-14(18-12-15(2,3)21-5)17-11-9-7-8-10-13(19)20-4/h6-12H2,1-5H3,(H2,16,17,18). The highest BCUT2D eigenvalue weighted by atomic mass is 32.2. The van der Waals surface area contributed by atoms with E-state index in [-0.39, 0.29) is 10.7 Å². The maximum atomic E-state index is 11.0. The Bertz CT molecular complexity index is 320. The Labute approximate surface area is 133 Å². The molecule has 0 fully saturated rings. The lowest BCUT2D eigenvalue weighted by molar-refractivity contribution is -0.140. The van der Waals surface area contributed by atoms with Crippen LogP contribution < -0.4 is 10.6 Å². The van der Waals surface area contributed by atoms with Crippen molar-refractivity contribution >= 4 is 23.7 Å². The van der Waals surface area contributed by atoms with Crippen LogP contribution >= 0.6 is 11.8 Å². The van der Waals surface area contributed by atoms with Crippen LogP contribution in [0.2, 0.25) is 0 Å². The Kier molecular flexibility index (Phi) is 11.2. The molecule has 0 aromatic heterocycles. The Balaban J connectivity index is 3.94. The van der Waals surface area contributed by atoms with Gasteiger partial charge in [-0.15, -0.1) is 0 Å². The van der Waals surface area contributed by atoms with E-state index in [1.807, 2.05) is 11.8 Å². The number of hydrogen-bond acceptors (Lipinski definition) is 4. The summed E-state index contributed by atoms with van der Waals surface area (Å²) in [5.74, 6) is 0.741. The largest absolute Gasteiger partial charge is 0.469 e. The maximum absolute atomic E-state index is 11.0. The quantitative estimate of drug-likeness (QED) is 0.280. The predicted molar refractivity (Wildman–Crippen MR) is 92.1 cm³/mol. The lowest BCUT2D eigenvalue weighted by atomic mass is 10.2. The summed E-state index contributed by atoms with van der Waals surface area (Å²) in [6.45, 7) is 8.95. The molecule has 0 aliphatic heterocycles. The van der Waals surface area contributed by atoms with Crippen LogP contribution in [0.15, 0.2) is 4.99 Å². The molecule has 0 aliphatic carbocycles. The van der Waals surface area contributed by atoms with Crippen LogP contribution in [-0.4, -0.2) is 49.7 Å². The van der Waals surface area contributed by atoms with Gasteiger partial charge in [0.2, 0.25) is 0 Å². The van der Waals surface area contributed by atoms with E-state index < -0.39 is 0 Å². The number of unbranched alkanes of at least 4 members (excludes halogenated alkanes) is 2. The molecule has 0 aromatic rings. The van der Waals surface area contributed by atoms with Gasteiger partial charge in [-0.1, -0.05) is 6.42 Å². The van der Waals surface area contributed by atoms with Gasteiger partial charge in [-0.2, -0.15) is 11.8 Å². The van der Waals surface area contributed by atoms with Gasteiger partial charge in [-0.25, -0.2) is 0 Å². The fourth-order valence-electron chi connectivity index (χ4n) is 1.56. The number of carbonyl (C=O) groups is 1. The minimum atomic E-state index is -0.128. The van der Waals surface area contributed by atoms with Crippen molar-refractivity contribution in [3.8, 4) is 0 Å². The minimum Gasteiger partial charge on any atom is -0.469 e. The third-order valence-corrected chi connectivity index (χ3v) is 4.33. The molecule has 124 valence electrons. The van der Waals surface area contributed by atoms with Crippen molar-refractivity contribution in [1.29, 1.82) is 0 Å². The third-order valence-electron chi connectivity index (χ3n) is 3.09. The van der Waals surface area contributed by atoms with Crippen LogP contribution in [0, 0.1) is 0 Å². The summed E-state index contributed by atoms with van der Waals surface area (Å²) >= 11 is 1.82. The van der Waals surface area contributed by atoms with Gasteiger partial charge in [0.25, 0.3) is 0 Å². The molecule has 0 spiro atoms. The van der Waals surface area contributed by atoms with Crippen molar-refractivity contribution in [3.63, 3.8) is 0 Å². The highest BCUT2D eigenvalue weighted by Gasteiger charge is 2.15. The van der Waals surface area contributed by atoms with Gasteiger partial charge in [0.05, 0.1) is 13.7 Å². The maximum Gasteiger partial charge on any atom is 0.305 e. The van der Waals surface area contributed by atoms with Crippen LogP contribution in [0.5, 0.6) is 0 Å². The zero-order valence-corrected chi connectivity index (χ0v) is 14.9. The topological polar surface area (TPSA) is 62.7 Å². The number of hydrogen-bond donors (Lipinski definition) is 2. The van der Waals surface area contributed by atoms with Crippen molar-refractivity contribution in [3.05, 3.63) is 0 Å². The van der Waals surface area contributed by atoms with Gasteiger partial charge >= 0.3 is 5.97 Å². The van der Waals surface area contributed by atoms with Crippen LogP contribution in [0.4, 0.5) is 0 Å². The van der Waals surface area contributed by atoms with E-state index in [0.717, 1.165) is 44.9 Å². The Morgan fingerprint density at radius 1 is 1.24 bits per heavy atom. The van der Waals surface area contributed by atoms with E-state index in [1.165, 1.54) is 7.11 Å². The molecule has 6 heteroatoms. The van der Waals surface area contributed by atoms with E-state index in [1.54, 1.807) is 0 Å². The second kappa shape index (κ2) is 11.7. The van der Waals surface area contributed by atoms with E-state index in [9.17, 15) is 4.79 Å². The predicted octanol–water partition coefficient (Wildman–Crippen LogP) is 2.42. The molecule has 0 aromatic carbocycles. The molecule has 0 heterocycles. The summed E-state index contributed by atoms with van der Waals surface area (Å²) in [7, 11) is 1.43. The van der Waals surface area contributed by atoms with Gasteiger partial charge in [0.1, 0.15) is 0 Å². The number of ether oxygens (including phenoxy) is 1. The normalized spacial score (nSPS) is 12.1. The molecule has 0 saturated heterocycles. The monoisotopic (exact) mass is 317 g/mol. The van der Waals surface area contributed by atoms with Crippen LogP contribution in [0.25, 0.3) is 0 Å². The van der Waals surface area contributed by atoms with Crippen molar-refractivity contribution in [2.45, 2.75) is 51.2 Å². The minimum absolute atomic E-state index is 0.128. The van der Waals surface area contributed by atoms with E-state index in [4.69, 9.17) is 0 Å². The van der Waals surface area contributed by atoms with Crippen molar-refractivity contribution in [1.82, 2.24) is 10.6 Å². The van der Waals surface area contributed by atoms with Gasteiger partial charge in [-0.05, 0) is 39.9 Å². The molecule has 0 saturated carbocycles. The van der Waals surface area contributed by atoms with Gasteiger partial charge < -0.3 is 15.4 Å². The van der Waals surface area contributed by atoms with Gasteiger partial charge in [0.15, 0.2) is 5.96 Å². The smallest absolute Gasteiger partial charge is 0.305 e. The van der Waals surface area contributed by atoms with Crippen LogP contribution in [0.3, 0.4) is 0 Å². The van der Waals surface area contributed by atoms with Gasteiger partial charge in [0, 0.05) is 24.3 Å². The number of nitrogens with zero attached hydrogens (tertiary/aromatic N) is 1. The first-order valence-electron chi connectivity index (χ1n) is 7.59. The lowest BCUT2D eigenvalue weighted by Crippen LogP contribution is -2.38. The molecular formula is C15H31N3O2S. The molecule has 0 radical (unpaired) electrons. The van der Waals surface area contributed by atoms with Crippen molar-refractivity contribution in [2.75, 3.05) is 33.0 Å². The highest BCUT2D eigenvalue weighted by Crippen LogP contribution is 2.20. The average molecular weight is 317 g/mol. The van der Waals surface area contributed by atoms with E-state index in [0.29, 0.717) is 6.42 Å². The highest BCUT2D eigenvalue weighted by molar-refractivity contribution is 7.99. The van der Waals surface area contributed by atoms with E-state index in [2.05, 4.69) is 47.4 Å². The summed E-state index contributed by atoms with van der Waals surface area (Å²) in [6, 6.07) is 0. The molecule has 0 aliphatic rings. The number of esters is 1. The first kappa shape index (κ1) is 20.1. The van der Waals surface area contributed by atoms with Gasteiger partial charge in [-0.3, -0.25) is 9.79 Å². The summed E-state index contributed by atoms with van der Waals surface area (Å²) in [6.07, 6.45) is 5.52. The number of guanidine groups is 1. The second-order valence-electron chi connectivity index (χ2n) is 5.47. The first-order chi connectivity index (χ1) is 9.95. The molecule has 0 bridgehead atoms.